The first-order chi connectivity index (χ1) is 13.0. The van der Waals surface area contributed by atoms with Crippen molar-refractivity contribution < 1.29 is 14.3 Å². The zero-order chi connectivity index (χ0) is 19.8. The molecule has 2 amide bonds. The van der Waals surface area contributed by atoms with Gasteiger partial charge >= 0.3 is 6.09 Å². The van der Waals surface area contributed by atoms with Gasteiger partial charge in [0.15, 0.2) is 0 Å². The van der Waals surface area contributed by atoms with Crippen molar-refractivity contribution in [3.05, 3.63) is 42.4 Å². The van der Waals surface area contributed by atoms with Crippen LogP contribution in [0.5, 0.6) is 0 Å². The van der Waals surface area contributed by atoms with E-state index < -0.39 is 12.1 Å². The highest BCUT2D eigenvalue weighted by atomic mass is 16.5. The van der Waals surface area contributed by atoms with Crippen LogP contribution in [0.1, 0.15) is 33.0 Å². The fourth-order valence-corrected chi connectivity index (χ4v) is 2.82. The van der Waals surface area contributed by atoms with E-state index in [1.54, 1.807) is 11.1 Å². The van der Waals surface area contributed by atoms with Gasteiger partial charge in [-0.1, -0.05) is 51.1 Å². The molecular formula is C20H28N4O3. The molecule has 1 aromatic carbocycles. The van der Waals surface area contributed by atoms with Crippen molar-refractivity contribution in [3.8, 4) is 11.3 Å². The average molecular weight is 372 g/mol. The molecule has 27 heavy (non-hydrogen) atoms. The number of aromatic nitrogens is 2. The Bertz CT molecular complexity index is 743. The Hall–Kier alpha value is -2.83. The number of nitrogens with one attached hydrogen (secondary N) is 2. The van der Waals surface area contributed by atoms with Crippen LogP contribution in [0.4, 0.5) is 4.79 Å². The minimum Gasteiger partial charge on any atom is -0.453 e. The van der Waals surface area contributed by atoms with Crippen molar-refractivity contribution in [1.82, 2.24) is 20.2 Å². The number of carbonyl (C=O) groups excluding carboxylic acids is 2. The molecule has 7 heteroatoms. The maximum absolute atomic E-state index is 13.0. The van der Waals surface area contributed by atoms with Crippen molar-refractivity contribution in [1.29, 1.82) is 0 Å². The van der Waals surface area contributed by atoms with E-state index >= 15 is 0 Å². The highest BCUT2D eigenvalue weighted by Gasteiger charge is 2.29. The second-order valence-electron chi connectivity index (χ2n) is 6.73. The Morgan fingerprint density at radius 3 is 2.56 bits per heavy atom. The number of nitrogens with zero attached hydrogens (tertiary/aromatic N) is 2. The Morgan fingerprint density at radius 1 is 1.26 bits per heavy atom. The number of benzene rings is 1. The van der Waals surface area contributed by atoms with Crippen LogP contribution in [0.25, 0.3) is 11.3 Å². The molecule has 1 atom stereocenters. The van der Waals surface area contributed by atoms with E-state index in [4.69, 9.17) is 0 Å². The molecule has 0 bridgehead atoms. The summed E-state index contributed by atoms with van der Waals surface area (Å²) in [5.74, 6) is 0.499. The normalized spacial score (nSPS) is 11.9. The van der Waals surface area contributed by atoms with E-state index in [1.807, 2.05) is 51.1 Å². The van der Waals surface area contributed by atoms with Crippen molar-refractivity contribution >= 4 is 12.0 Å². The van der Waals surface area contributed by atoms with E-state index in [0.29, 0.717) is 18.9 Å². The largest absolute Gasteiger partial charge is 0.453 e. The lowest BCUT2D eigenvalue weighted by Gasteiger charge is -2.28. The van der Waals surface area contributed by atoms with Crippen LogP contribution in [-0.4, -0.2) is 46.6 Å². The van der Waals surface area contributed by atoms with E-state index in [-0.39, 0.29) is 11.8 Å². The van der Waals surface area contributed by atoms with Gasteiger partial charge in [0.25, 0.3) is 0 Å². The molecule has 0 spiro atoms. The standard InChI is InChI=1S/C20H28N4O3/c1-5-11-24(19(25)18(14(2)3)23-20(26)27-4)13-17-21-12-16(22-17)15-9-7-6-8-10-15/h6-10,12,14,18H,5,11,13H2,1-4H3,(H,21,22)(H,23,26). The van der Waals surface area contributed by atoms with Crippen molar-refractivity contribution in [2.24, 2.45) is 5.92 Å². The molecule has 1 unspecified atom stereocenters. The van der Waals surface area contributed by atoms with Crippen LogP contribution in [-0.2, 0) is 16.1 Å². The van der Waals surface area contributed by atoms with Gasteiger partial charge in [0, 0.05) is 6.54 Å². The Kier molecular flexibility index (Phi) is 7.40. The molecule has 2 aromatic rings. The summed E-state index contributed by atoms with van der Waals surface area (Å²) in [5.41, 5.74) is 1.94. The number of amides is 2. The molecule has 1 aromatic heterocycles. The topological polar surface area (TPSA) is 87.3 Å². The lowest BCUT2D eigenvalue weighted by atomic mass is 10.0. The van der Waals surface area contributed by atoms with E-state index in [2.05, 4.69) is 20.0 Å². The Morgan fingerprint density at radius 2 is 1.96 bits per heavy atom. The fraction of sp³-hybridized carbons (Fsp3) is 0.450. The van der Waals surface area contributed by atoms with Crippen LogP contribution in [0.2, 0.25) is 0 Å². The SMILES string of the molecule is CCCN(Cc1ncc(-c2ccccc2)[nH]1)C(=O)C(NC(=O)OC)C(C)C. The summed E-state index contributed by atoms with van der Waals surface area (Å²) in [6.45, 7) is 6.72. The number of carbonyl (C=O) groups is 2. The molecule has 0 aliphatic carbocycles. The first-order valence-corrected chi connectivity index (χ1v) is 9.18. The second-order valence-corrected chi connectivity index (χ2v) is 6.73. The number of methoxy groups -OCH3 is 1. The maximum Gasteiger partial charge on any atom is 0.407 e. The number of ether oxygens (including phenoxy) is 1. The zero-order valence-corrected chi connectivity index (χ0v) is 16.4. The molecule has 0 aliphatic rings. The van der Waals surface area contributed by atoms with Crippen LogP contribution in [0, 0.1) is 5.92 Å². The van der Waals surface area contributed by atoms with Crippen LogP contribution in [0.15, 0.2) is 36.5 Å². The third kappa shape index (κ3) is 5.57. The van der Waals surface area contributed by atoms with Gasteiger partial charge in [-0.15, -0.1) is 0 Å². The molecule has 7 nitrogen and oxygen atoms in total. The number of alkyl carbamates (subject to hydrolysis) is 1. The molecular weight excluding hydrogens is 344 g/mol. The predicted molar refractivity (Wildman–Crippen MR) is 104 cm³/mol. The van der Waals surface area contributed by atoms with Crippen molar-refractivity contribution in [3.63, 3.8) is 0 Å². The minimum absolute atomic E-state index is 0.0626. The maximum atomic E-state index is 13.0. The predicted octanol–water partition coefficient (Wildman–Crippen LogP) is 3.20. The molecule has 1 heterocycles. The molecule has 2 N–H and O–H groups in total. The number of hydrogen-bond donors (Lipinski definition) is 2. The average Bonchev–Trinajstić information content (AvgIpc) is 3.14. The van der Waals surface area contributed by atoms with Gasteiger partial charge in [-0.25, -0.2) is 9.78 Å². The summed E-state index contributed by atoms with van der Waals surface area (Å²) in [6.07, 6.45) is 1.97. The van der Waals surface area contributed by atoms with Crippen LogP contribution < -0.4 is 5.32 Å². The van der Waals surface area contributed by atoms with E-state index in [0.717, 1.165) is 17.7 Å². The van der Waals surface area contributed by atoms with Gasteiger partial charge < -0.3 is 19.9 Å². The third-order valence-corrected chi connectivity index (χ3v) is 4.25. The monoisotopic (exact) mass is 372 g/mol. The van der Waals surface area contributed by atoms with Gasteiger partial charge in [0.1, 0.15) is 11.9 Å². The third-order valence-electron chi connectivity index (χ3n) is 4.25. The van der Waals surface area contributed by atoms with Gasteiger partial charge in [0.05, 0.1) is 25.5 Å². The molecule has 0 saturated heterocycles. The summed E-state index contributed by atoms with van der Waals surface area (Å²) < 4.78 is 4.65. The van der Waals surface area contributed by atoms with Crippen LogP contribution >= 0.6 is 0 Å². The van der Waals surface area contributed by atoms with Gasteiger partial charge in [-0.2, -0.15) is 0 Å². The second kappa shape index (κ2) is 9.75. The highest BCUT2D eigenvalue weighted by Crippen LogP contribution is 2.17. The number of aromatic amines is 1. The van der Waals surface area contributed by atoms with Crippen molar-refractivity contribution in [2.75, 3.05) is 13.7 Å². The number of rotatable bonds is 8. The Labute approximate surface area is 160 Å². The number of hydrogen-bond acceptors (Lipinski definition) is 4. The zero-order valence-electron chi connectivity index (χ0n) is 16.4. The molecule has 0 radical (unpaired) electrons. The molecule has 2 rings (SSSR count). The van der Waals surface area contributed by atoms with Gasteiger partial charge in [-0.05, 0) is 17.9 Å². The highest BCUT2D eigenvalue weighted by molar-refractivity contribution is 5.85. The number of imidazole rings is 1. The van der Waals surface area contributed by atoms with E-state index in [9.17, 15) is 9.59 Å². The van der Waals surface area contributed by atoms with Crippen molar-refractivity contribution in [2.45, 2.75) is 39.8 Å². The fourth-order valence-electron chi connectivity index (χ4n) is 2.82. The summed E-state index contributed by atoms with van der Waals surface area (Å²) in [4.78, 5) is 34.0. The first kappa shape index (κ1) is 20.5. The Balaban J connectivity index is 2.15. The molecule has 0 saturated carbocycles. The molecule has 146 valence electrons. The summed E-state index contributed by atoms with van der Waals surface area (Å²) in [6, 6.07) is 9.25. The van der Waals surface area contributed by atoms with Gasteiger partial charge in [0.2, 0.25) is 5.91 Å². The summed E-state index contributed by atoms with van der Waals surface area (Å²) >= 11 is 0. The minimum atomic E-state index is -0.646. The lowest BCUT2D eigenvalue weighted by Crippen LogP contribution is -2.51. The smallest absolute Gasteiger partial charge is 0.407 e. The van der Waals surface area contributed by atoms with E-state index in [1.165, 1.54) is 7.11 Å². The quantitative estimate of drug-likeness (QED) is 0.745. The summed E-state index contributed by atoms with van der Waals surface area (Å²) in [7, 11) is 1.29. The molecule has 0 aliphatic heterocycles. The molecule has 0 fully saturated rings. The first-order valence-electron chi connectivity index (χ1n) is 9.18. The van der Waals surface area contributed by atoms with Gasteiger partial charge in [-0.3, -0.25) is 4.79 Å². The van der Waals surface area contributed by atoms with Crippen LogP contribution in [0.3, 0.4) is 0 Å². The summed E-state index contributed by atoms with van der Waals surface area (Å²) in [5, 5.41) is 2.64. The lowest BCUT2D eigenvalue weighted by molar-refractivity contribution is -0.135. The number of H-pyrrole nitrogens is 1.